The van der Waals surface area contributed by atoms with Gasteiger partial charge in [0.05, 0.1) is 0 Å². The van der Waals surface area contributed by atoms with E-state index in [4.69, 9.17) is 0 Å². The Morgan fingerprint density at radius 2 is 1.85 bits per heavy atom. The standard InChI is InChI=1S/C18H34N4O2S2.HI/c1-6-10-15-21(5)18(19-7-2)20-14-13-16-11-12-17(25-16)26(23,24)22(8-3)9-4;/h11-12H,6-10,13-15H2,1-5H3,(H,19,20);1H. The Morgan fingerprint density at radius 3 is 2.41 bits per heavy atom. The molecular formula is C18H35IN4O2S2. The summed E-state index contributed by atoms with van der Waals surface area (Å²) in [6.45, 7) is 11.4. The van der Waals surface area contributed by atoms with Crippen LogP contribution in [-0.4, -0.2) is 63.4 Å². The van der Waals surface area contributed by atoms with Crippen LogP contribution in [0.5, 0.6) is 0 Å². The molecule has 0 unspecified atom stereocenters. The van der Waals surface area contributed by atoms with Crippen LogP contribution in [0.1, 0.15) is 45.4 Å². The molecule has 0 aliphatic rings. The third kappa shape index (κ3) is 8.25. The summed E-state index contributed by atoms with van der Waals surface area (Å²) in [4.78, 5) is 7.88. The normalized spacial score (nSPS) is 12.1. The molecule has 0 aromatic carbocycles. The van der Waals surface area contributed by atoms with Gasteiger partial charge in [0.15, 0.2) is 5.96 Å². The molecule has 158 valence electrons. The summed E-state index contributed by atoms with van der Waals surface area (Å²) in [6, 6.07) is 3.63. The van der Waals surface area contributed by atoms with Crippen molar-refractivity contribution < 1.29 is 8.42 Å². The first kappa shape index (κ1) is 26.6. The van der Waals surface area contributed by atoms with Gasteiger partial charge in [0, 0.05) is 51.1 Å². The Morgan fingerprint density at radius 1 is 1.19 bits per heavy atom. The van der Waals surface area contributed by atoms with E-state index in [-0.39, 0.29) is 24.0 Å². The lowest BCUT2D eigenvalue weighted by Gasteiger charge is -2.21. The van der Waals surface area contributed by atoms with Crippen LogP contribution < -0.4 is 5.32 Å². The highest BCUT2D eigenvalue weighted by Crippen LogP contribution is 2.25. The molecule has 1 aromatic rings. The maximum atomic E-state index is 12.6. The van der Waals surface area contributed by atoms with Crippen LogP contribution in [0.2, 0.25) is 0 Å². The minimum absolute atomic E-state index is 0. The number of unbranched alkanes of at least 4 members (excludes halogenated alkanes) is 1. The molecule has 0 saturated heterocycles. The van der Waals surface area contributed by atoms with E-state index < -0.39 is 10.0 Å². The van der Waals surface area contributed by atoms with Crippen LogP contribution in [0.3, 0.4) is 0 Å². The van der Waals surface area contributed by atoms with E-state index in [9.17, 15) is 8.42 Å². The highest BCUT2D eigenvalue weighted by Gasteiger charge is 2.23. The fourth-order valence-corrected chi connectivity index (χ4v) is 5.52. The van der Waals surface area contributed by atoms with Crippen LogP contribution in [0, 0.1) is 0 Å². The number of thiophene rings is 1. The minimum atomic E-state index is -3.36. The predicted molar refractivity (Wildman–Crippen MR) is 127 cm³/mol. The van der Waals surface area contributed by atoms with Gasteiger partial charge in [-0.3, -0.25) is 4.99 Å². The molecule has 0 bridgehead atoms. The van der Waals surface area contributed by atoms with E-state index in [1.807, 2.05) is 19.9 Å². The Balaban J connectivity index is 0.00000676. The van der Waals surface area contributed by atoms with Crippen LogP contribution in [0.15, 0.2) is 21.3 Å². The first-order valence-corrected chi connectivity index (χ1v) is 11.7. The fraction of sp³-hybridized carbons (Fsp3) is 0.722. The van der Waals surface area contributed by atoms with Crippen molar-refractivity contribution in [2.75, 3.05) is 39.8 Å². The van der Waals surface area contributed by atoms with Gasteiger partial charge >= 0.3 is 0 Å². The zero-order valence-electron chi connectivity index (χ0n) is 17.2. The van der Waals surface area contributed by atoms with Gasteiger partial charge in [-0.05, 0) is 25.5 Å². The fourth-order valence-electron chi connectivity index (χ4n) is 2.56. The molecule has 1 aromatic heterocycles. The second kappa shape index (κ2) is 13.7. The van der Waals surface area contributed by atoms with E-state index in [1.165, 1.54) is 15.6 Å². The number of sulfonamides is 1. The SMILES string of the molecule is CCCCN(C)C(=NCCc1ccc(S(=O)(=O)N(CC)CC)s1)NCC.I. The van der Waals surface area contributed by atoms with E-state index in [0.29, 0.717) is 23.8 Å². The molecule has 0 aliphatic heterocycles. The molecule has 6 nitrogen and oxygen atoms in total. The quantitative estimate of drug-likeness (QED) is 0.270. The third-order valence-corrected chi connectivity index (χ3v) is 7.76. The van der Waals surface area contributed by atoms with Crippen LogP contribution >= 0.6 is 35.3 Å². The Kier molecular flexibility index (Phi) is 13.5. The molecule has 0 spiro atoms. The van der Waals surface area contributed by atoms with Gasteiger partial charge in [-0.25, -0.2) is 8.42 Å². The summed E-state index contributed by atoms with van der Waals surface area (Å²) < 4.78 is 27.0. The number of hydrogen-bond donors (Lipinski definition) is 1. The van der Waals surface area contributed by atoms with E-state index in [2.05, 4.69) is 36.1 Å². The van der Waals surface area contributed by atoms with Gasteiger partial charge in [-0.15, -0.1) is 35.3 Å². The van der Waals surface area contributed by atoms with Gasteiger partial charge in [-0.1, -0.05) is 27.2 Å². The number of halogens is 1. The van der Waals surface area contributed by atoms with Gasteiger partial charge in [0.25, 0.3) is 10.0 Å². The molecule has 0 radical (unpaired) electrons. The molecule has 0 aliphatic carbocycles. The third-order valence-electron chi connectivity index (χ3n) is 4.10. The summed E-state index contributed by atoms with van der Waals surface area (Å²) >= 11 is 1.35. The number of guanidine groups is 1. The maximum Gasteiger partial charge on any atom is 0.252 e. The Bertz CT molecular complexity index is 658. The number of hydrogen-bond acceptors (Lipinski definition) is 4. The second-order valence-corrected chi connectivity index (χ2v) is 9.40. The van der Waals surface area contributed by atoms with Crippen molar-refractivity contribution in [3.63, 3.8) is 0 Å². The lowest BCUT2D eigenvalue weighted by molar-refractivity contribution is 0.447. The molecule has 0 atom stereocenters. The Labute approximate surface area is 186 Å². The zero-order valence-corrected chi connectivity index (χ0v) is 21.2. The predicted octanol–water partition coefficient (Wildman–Crippen LogP) is 3.64. The van der Waals surface area contributed by atoms with E-state index in [0.717, 1.165) is 43.2 Å². The van der Waals surface area contributed by atoms with Gasteiger partial charge in [0.2, 0.25) is 0 Å². The monoisotopic (exact) mass is 530 g/mol. The zero-order chi connectivity index (χ0) is 19.6. The second-order valence-electron chi connectivity index (χ2n) is 6.07. The first-order valence-electron chi connectivity index (χ1n) is 9.48. The summed E-state index contributed by atoms with van der Waals surface area (Å²) in [5.41, 5.74) is 0. The molecular weight excluding hydrogens is 495 g/mol. The van der Waals surface area contributed by atoms with Gasteiger partial charge in [0.1, 0.15) is 4.21 Å². The van der Waals surface area contributed by atoms with E-state index in [1.54, 1.807) is 6.07 Å². The molecule has 0 fully saturated rings. The topological polar surface area (TPSA) is 65.0 Å². The minimum Gasteiger partial charge on any atom is -0.357 e. The van der Waals surface area contributed by atoms with Crippen molar-refractivity contribution in [1.82, 2.24) is 14.5 Å². The summed E-state index contributed by atoms with van der Waals surface area (Å²) in [6.07, 6.45) is 3.04. The van der Waals surface area contributed by atoms with E-state index >= 15 is 0 Å². The summed E-state index contributed by atoms with van der Waals surface area (Å²) in [5.74, 6) is 0.911. The Hall–Kier alpha value is -0.390. The average Bonchev–Trinajstić information content (AvgIpc) is 3.09. The van der Waals surface area contributed by atoms with Crippen LogP contribution in [-0.2, 0) is 16.4 Å². The first-order chi connectivity index (χ1) is 12.4. The van der Waals surface area contributed by atoms with Crippen molar-refractivity contribution in [2.24, 2.45) is 4.99 Å². The smallest absolute Gasteiger partial charge is 0.252 e. The van der Waals surface area contributed by atoms with Crippen LogP contribution in [0.25, 0.3) is 0 Å². The highest BCUT2D eigenvalue weighted by molar-refractivity contribution is 14.0. The summed E-state index contributed by atoms with van der Waals surface area (Å²) in [5, 5.41) is 3.31. The molecule has 0 amide bonds. The lowest BCUT2D eigenvalue weighted by atomic mass is 10.3. The highest BCUT2D eigenvalue weighted by atomic mass is 127. The van der Waals surface area contributed by atoms with Gasteiger partial charge < -0.3 is 10.2 Å². The average molecular weight is 531 g/mol. The number of aliphatic imine (C=N–C) groups is 1. The summed E-state index contributed by atoms with van der Waals surface area (Å²) in [7, 11) is -1.31. The van der Waals surface area contributed by atoms with Crippen molar-refractivity contribution in [3.05, 3.63) is 17.0 Å². The largest absolute Gasteiger partial charge is 0.357 e. The van der Waals surface area contributed by atoms with Crippen molar-refractivity contribution in [3.8, 4) is 0 Å². The maximum absolute atomic E-state index is 12.6. The number of nitrogens with zero attached hydrogens (tertiary/aromatic N) is 3. The van der Waals surface area contributed by atoms with Crippen molar-refractivity contribution >= 4 is 51.3 Å². The molecule has 9 heteroatoms. The van der Waals surface area contributed by atoms with Gasteiger partial charge in [-0.2, -0.15) is 4.31 Å². The van der Waals surface area contributed by atoms with Crippen molar-refractivity contribution in [2.45, 2.75) is 51.2 Å². The molecule has 1 heterocycles. The number of nitrogens with one attached hydrogen (secondary N) is 1. The van der Waals surface area contributed by atoms with Crippen molar-refractivity contribution in [1.29, 1.82) is 0 Å². The molecule has 27 heavy (non-hydrogen) atoms. The number of rotatable bonds is 11. The van der Waals surface area contributed by atoms with Crippen LogP contribution in [0.4, 0.5) is 0 Å². The molecule has 0 saturated carbocycles. The molecule has 1 rings (SSSR count). The molecule has 1 N–H and O–H groups in total. The lowest BCUT2D eigenvalue weighted by Crippen LogP contribution is -2.39.